The highest BCUT2D eigenvalue weighted by molar-refractivity contribution is 8.20. The second kappa shape index (κ2) is 3.84. The fourth-order valence-electron chi connectivity index (χ4n) is 0.644. The van der Waals surface area contributed by atoms with Crippen LogP contribution in [0.1, 0.15) is 5.56 Å². The van der Waals surface area contributed by atoms with Gasteiger partial charge < -0.3 is 0 Å². The van der Waals surface area contributed by atoms with E-state index in [0.717, 1.165) is 11.3 Å². The maximum atomic E-state index is 12.3. The van der Waals surface area contributed by atoms with Crippen LogP contribution in [-0.4, -0.2) is 0 Å². The van der Waals surface area contributed by atoms with E-state index in [2.05, 4.69) is 0 Å². The Balaban J connectivity index is 2.69. The predicted octanol–water partition coefficient (Wildman–Crippen LogP) is 3.21. The first-order chi connectivity index (χ1) is 4.83. The van der Waals surface area contributed by atoms with Crippen molar-refractivity contribution in [3.63, 3.8) is 0 Å². The van der Waals surface area contributed by atoms with Crippen LogP contribution in [0.25, 0.3) is 0 Å². The molecule has 0 aliphatic carbocycles. The molecule has 0 saturated heterocycles. The first-order valence-electron chi connectivity index (χ1n) is 2.81. The van der Waals surface area contributed by atoms with E-state index in [4.69, 9.17) is 10.7 Å². The Hall–Kier alpha value is -0.210. The lowest BCUT2D eigenvalue weighted by Gasteiger charge is -1.94. The molecule has 0 saturated carbocycles. The van der Waals surface area contributed by atoms with Crippen LogP contribution in [0.15, 0.2) is 24.3 Å². The summed E-state index contributed by atoms with van der Waals surface area (Å²) in [4.78, 5) is 0. The van der Waals surface area contributed by atoms with Crippen molar-refractivity contribution in [2.24, 2.45) is 0 Å². The monoisotopic (exact) mass is 176 g/mol. The van der Waals surface area contributed by atoms with Crippen molar-refractivity contribution in [3.8, 4) is 0 Å². The van der Waals surface area contributed by atoms with E-state index < -0.39 is 0 Å². The number of rotatable bonds is 2. The van der Waals surface area contributed by atoms with Crippen molar-refractivity contribution < 1.29 is 4.39 Å². The second-order valence-electron chi connectivity index (χ2n) is 1.88. The minimum absolute atomic E-state index is 0.205. The molecule has 0 N–H and O–H groups in total. The average Bonchev–Trinajstić information content (AvgIpc) is 1.95. The van der Waals surface area contributed by atoms with E-state index in [1.807, 2.05) is 0 Å². The zero-order valence-electron chi connectivity index (χ0n) is 5.18. The van der Waals surface area contributed by atoms with E-state index in [1.165, 1.54) is 23.1 Å². The zero-order chi connectivity index (χ0) is 7.40. The van der Waals surface area contributed by atoms with Crippen LogP contribution in [0.3, 0.4) is 0 Å². The molecule has 1 rings (SSSR count). The zero-order valence-corrected chi connectivity index (χ0v) is 6.75. The molecule has 0 fully saturated rings. The first kappa shape index (κ1) is 7.89. The molecule has 0 aliphatic heterocycles. The lowest BCUT2D eigenvalue weighted by atomic mass is 10.2. The van der Waals surface area contributed by atoms with Gasteiger partial charge in [-0.3, -0.25) is 0 Å². The van der Waals surface area contributed by atoms with Crippen molar-refractivity contribution in [1.29, 1.82) is 0 Å². The normalized spacial score (nSPS) is 9.80. The molecule has 0 nitrogen and oxygen atoms in total. The lowest BCUT2D eigenvalue weighted by Crippen LogP contribution is -1.78. The summed E-state index contributed by atoms with van der Waals surface area (Å²) in [5, 5.41) is 0. The first-order valence-corrected chi connectivity index (χ1v) is 4.62. The van der Waals surface area contributed by atoms with Gasteiger partial charge in [0.05, 0.1) is 0 Å². The molecule has 0 spiro atoms. The topological polar surface area (TPSA) is 0 Å². The third-order valence-corrected chi connectivity index (χ3v) is 1.90. The molecule has 0 bridgehead atoms. The molecule has 10 heavy (non-hydrogen) atoms. The van der Waals surface area contributed by atoms with Crippen LogP contribution in [0.5, 0.6) is 0 Å². The van der Waals surface area contributed by atoms with Crippen LogP contribution in [-0.2, 0) is 5.75 Å². The molecule has 3 heteroatoms. The maximum absolute atomic E-state index is 12.3. The highest BCUT2D eigenvalue weighted by Gasteiger charge is 1.91. The number of halogens is 2. The molecule has 0 heterocycles. The largest absolute Gasteiger partial charge is 0.207 e. The molecule has 0 amide bonds. The molecule has 54 valence electrons. The fraction of sp³-hybridized carbons (Fsp3) is 0.143. The standard InChI is InChI=1S/C7H6ClFS/c8-10-5-6-1-3-7(9)4-2-6/h1-4H,5H2. The van der Waals surface area contributed by atoms with Gasteiger partial charge in [0, 0.05) is 5.75 Å². The highest BCUT2D eigenvalue weighted by Crippen LogP contribution is 2.15. The van der Waals surface area contributed by atoms with Crippen molar-refractivity contribution >= 4 is 21.7 Å². The van der Waals surface area contributed by atoms with Crippen molar-refractivity contribution in [2.45, 2.75) is 5.75 Å². The molecule has 0 unspecified atom stereocenters. The average molecular weight is 177 g/mol. The van der Waals surface area contributed by atoms with E-state index in [9.17, 15) is 4.39 Å². The molecule has 0 atom stereocenters. The van der Waals surface area contributed by atoms with Gasteiger partial charge in [-0.2, -0.15) is 0 Å². The van der Waals surface area contributed by atoms with E-state index in [0.29, 0.717) is 0 Å². The van der Waals surface area contributed by atoms with Crippen molar-refractivity contribution in [3.05, 3.63) is 35.6 Å². The van der Waals surface area contributed by atoms with Gasteiger partial charge in [0.15, 0.2) is 0 Å². The van der Waals surface area contributed by atoms with Gasteiger partial charge in [0.2, 0.25) is 0 Å². The van der Waals surface area contributed by atoms with Gasteiger partial charge in [0.25, 0.3) is 0 Å². The van der Waals surface area contributed by atoms with Crippen LogP contribution in [0.2, 0.25) is 0 Å². The molecule has 0 radical (unpaired) electrons. The van der Waals surface area contributed by atoms with Crippen LogP contribution in [0.4, 0.5) is 4.39 Å². The third-order valence-electron chi connectivity index (χ3n) is 1.13. The number of benzene rings is 1. The summed E-state index contributed by atoms with van der Waals surface area (Å²) in [6, 6.07) is 6.32. The molecule has 1 aromatic carbocycles. The minimum Gasteiger partial charge on any atom is -0.207 e. The molecular weight excluding hydrogens is 171 g/mol. The Kier molecular flexibility index (Phi) is 3.03. The minimum atomic E-state index is -0.205. The van der Waals surface area contributed by atoms with Crippen LogP contribution in [0, 0.1) is 5.82 Å². The molecule has 0 aromatic heterocycles. The Morgan fingerprint density at radius 2 is 1.90 bits per heavy atom. The summed E-state index contributed by atoms with van der Waals surface area (Å²) in [7, 11) is 6.61. The van der Waals surface area contributed by atoms with E-state index in [-0.39, 0.29) is 5.82 Å². The van der Waals surface area contributed by atoms with Gasteiger partial charge in [-0.05, 0) is 28.4 Å². The molecular formula is C7H6ClFS. The second-order valence-corrected chi connectivity index (χ2v) is 3.04. The Morgan fingerprint density at radius 1 is 1.30 bits per heavy atom. The van der Waals surface area contributed by atoms with Crippen molar-refractivity contribution in [2.75, 3.05) is 0 Å². The summed E-state index contributed by atoms with van der Waals surface area (Å²) < 4.78 is 12.3. The van der Waals surface area contributed by atoms with Crippen LogP contribution < -0.4 is 0 Å². The van der Waals surface area contributed by atoms with Gasteiger partial charge in [-0.25, -0.2) is 4.39 Å². The van der Waals surface area contributed by atoms with Gasteiger partial charge >= 0.3 is 0 Å². The Labute approximate surface area is 67.9 Å². The van der Waals surface area contributed by atoms with E-state index >= 15 is 0 Å². The van der Waals surface area contributed by atoms with Gasteiger partial charge in [-0.1, -0.05) is 23.1 Å². The number of hydrogen-bond donors (Lipinski definition) is 0. The van der Waals surface area contributed by atoms with Crippen LogP contribution >= 0.6 is 21.7 Å². The highest BCUT2D eigenvalue weighted by atomic mass is 35.7. The third kappa shape index (κ3) is 2.20. The van der Waals surface area contributed by atoms with Gasteiger partial charge in [0.1, 0.15) is 5.82 Å². The SMILES string of the molecule is Fc1ccc(CSCl)cc1. The Bertz CT molecular complexity index is 197. The summed E-state index contributed by atoms with van der Waals surface area (Å²) in [5.74, 6) is 0.519. The fourth-order valence-corrected chi connectivity index (χ4v) is 1.34. The molecule has 0 aliphatic rings. The van der Waals surface area contributed by atoms with Gasteiger partial charge in [-0.15, -0.1) is 0 Å². The van der Waals surface area contributed by atoms with E-state index in [1.54, 1.807) is 12.1 Å². The van der Waals surface area contributed by atoms with Crippen molar-refractivity contribution in [1.82, 2.24) is 0 Å². The summed E-state index contributed by atoms with van der Waals surface area (Å²) >= 11 is 0. The number of hydrogen-bond acceptors (Lipinski definition) is 1. The molecule has 1 aromatic rings. The summed E-state index contributed by atoms with van der Waals surface area (Å²) in [5.41, 5.74) is 1.04. The Morgan fingerprint density at radius 3 is 2.40 bits per heavy atom. The predicted molar refractivity (Wildman–Crippen MR) is 43.5 cm³/mol. The lowest BCUT2D eigenvalue weighted by molar-refractivity contribution is 0.627. The summed E-state index contributed by atoms with van der Waals surface area (Å²) in [6.45, 7) is 0. The quantitative estimate of drug-likeness (QED) is 0.667. The maximum Gasteiger partial charge on any atom is 0.123 e. The summed E-state index contributed by atoms with van der Waals surface area (Å²) in [6.07, 6.45) is 0. The smallest absolute Gasteiger partial charge is 0.123 e.